The molecule has 0 bridgehead atoms. The van der Waals surface area contributed by atoms with E-state index in [2.05, 4.69) is 16.0 Å². The van der Waals surface area contributed by atoms with Gasteiger partial charge in [-0.05, 0) is 36.8 Å². The van der Waals surface area contributed by atoms with Crippen molar-refractivity contribution < 1.29 is 18.4 Å². The predicted octanol–water partition coefficient (Wildman–Crippen LogP) is 3.28. The molecule has 0 unspecified atom stereocenters. The normalized spacial score (nSPS) is 10.2. The molecule has 0 aliphatic carbocycles. The Morgan fingerprint density at radius 3 is 2.42 bits per heavy atom. The van der Waals surface area contributed by atoms with Crippen LogP contribution < -0.4 is 16.0 Å². The Morgan fingerprint density at radius 2 is 1.71 bits per heavy atom. The van der Waals surface area contributed by atoms with Crippen LogP contribution in [0.3, 0.4) is 0 Å². The third-order valence-corrected chi connectivity index (χ3v) is 3.29. The van der Waals surface area contributed by atoms with Crippen LogP contribution >= 0.6 is 0 Å². The third-order valence-electron chi connectivity index (χ3n) is 3.29. The Kier molecular flexibility index (Phi) is 5.47. The van der Waals surface area contributed by atoms with E-state index in [4.69, 9.17) is 0 Å². The number of halogens is 2. The first-order valence-corrected chi connectivity index (χ1v) is 7.23. The van der Waals surface area contributed by atoms with Crippen molar-refractivity contribution in [1.29, 1.82) is 0 Å². The summed E-state index contributed by atoms with van der Waals surface area (Å²) in [6.07, 6.45) is 0. The molecule has 0 fully saturated rings. The lowest BCUT2D eigenvalue weighted by Gasteiger charge is -2.13. The molecule has 0 aliphatic heterocycles. The highest BCUT2D eigenvalue weighted by molar-refractivity contribution is 5.94. The largest absolute Gasteiger partial charge is 0.376 e. The zero-order valence-corrected chi connectivity index (χ0v) is 13.2. The van der Waals surface area contributed by atoms with Gasteiger partial charge in [0.15, 0.2) is 0 Å². The minimum absolute atomic E-state index is 0.139. The SMILES string of the molecule is CC(=O)Nc1cccc(NCC(=O)Nc2cc(F)ccc2F)c1C. The fraction of sp³-hybridized carbons (Fsp3) is 0.176. The summed E-state index contributed by atoms with van der Waals surface area (Å²) in [6.45, 7) is 3.05. The van der Waals surface area contributed by atoms with Gasteiger partial charge in [-0.3, -0.25) is 9.59 Å². The van der Waals surface area contributed by atoms with Gasteiger partial charge in [-0.1, -0.05) is 6.07 Å². The van der Waals surface area contributed by atoms with Crippen molar-refractivity contribution in [3.63, 3.8) is 0 Å². The number of anilines is 3. The smallest absolute Gasteiger partial charge is 0.243 e. The van der Waals surface area contributed by atoms with E-state index in [1.165, 1.54) is 6.92 Å². The van der Waals surface area contributed by atoms with E-state index in [0.29, 0.717) is 11.4 Å². The van der Waals surface area contributed by atoms with Gasteiger partial charge >= 0.3 is 0 Å². The van der Waals surface area contributed by atoms with Crippen molar-refractivity contribution >= 4 is 28.9 Å². The lowest BCUT2D eigenvalue weighted by Crippen LogP contribution is -2.23. The maximum absolute atomic E-state index is 13.5. The van der Waals surface area contributed by atoms with Crippen molar-refractivity contribution in [3.8, 4) is 0 Å². The summed E-state index contributed by atoms with van der Waals surface area (Å²) in [5.74, 6) is -2.08. The molecule has 0 atom stereocenters. The van der Waals surface area contributed by atoms with Gasteiger partial charge in [0.05, 0.1) is 12.2 Å². The van der Waals surface area contributed by atoms with Gasteiger partial charge in [-0.25, -0.2) is 8.78 Å². The van der Waals surface area contributed by atoms with E-state index < -0.39 is 17.5 Å². The summed E-state index contributed by atoms with van der Waals surface area (Å²) in [4.78, 5) is 23.0. The number of hydrogen-bond acceptors (Lipinski definition) is 3. The summed E-state index contributed by atoms with van der Waals surface area (Å²) in [6, 6.07) is 8.04. The van der Waals surface area contributed by atoms with Crippen LogP contribution in [0, 0.1) is 18.6 Å². The van der Waals surface area contributed by atoms with Gasteiger partial charge in [0.2, 0.25) is 11.8 Å². The van der Waals surface area contributed by atoms with Crippen LogP contribution in [0.2, 0.25) is 0 Å². The Hall–Kier alpha value is -2.96. The molecule has 0 spiro atoms. The Bertz CT molecular complexity index is 778. The number of benzene rings is 2. The van der Waals surface area contributed by atoms with Crippen LogP contribution in [-0.4, -0.2) is 18.4 Å². The molecule has 0 aromatic heterocycles. The number of nitrogens with one attached hydrogen (secondary N) is 3. The molecular formula is C17H17F2N3O2. The highest BCUT2D eigenvalue weighted by Gasteiger charge is 2.10. The Labute approximate surface area is 138 Å². The fourth-order valence-corrected chi connectivity index (χ4v) is 2.12. The van der Waals surface area contributed by atoms with E-state index in [1.54, 1.807) is 25.1 Å². The molecule has 2 amide bonds. The fourth-order valence-electron chi connectivity index (χ4n) is 2.12. The quantitative estimate of drug-likeness (QED) is 0.786. The first-order valence-electron chi connectivity index (χ1n) is 7.23. The lowest BCUT2D eigenvalue weighted by molar-refractivity contribution is -0.115. The number of carbonyl (C=O) groups excluding carboxylic acids is 2. The van der Waals surface area contributed by atoms with Crippen molar-refractivity contribution in [1.82, 2.24) is 0 Å². The Morgan fingerprint density at radius 1 is 1.00 bits per heavy atom. The zero-order chi connectivity index (χ0) is 17.7. The van der Waals surface area contributed by atoms with Gasteiger partial charge in [-0.2, -0.15) is 0 Å². The molecule has 0 heterocycles. The molecule has 126 valence electrons. The van der Waals surface area contributed by atoms with Crippen LogP contribution in [0.1, 0.15) is 12.5 Å². The van der Waals surface area contributed by atoms with Crippen molar-refractivity contribution in [2.24, 2.45) is 0 Å². The average Bonchev–Trinajstić information content (AvgIpc) is 2.51. The molecule has 2 aromatic rings. The highest BCUT2D eigenvalue weighted by atomic mass is 19.1. The van der Waals surface area contributed by atoms with Crippen LogP contribution in [0.4, 0.5) is 25.8 Å². The summed E-state index contributed by atoms with van der Waals surface area (Å²) < 4.78 is 26.6. The molecule has 5 nitrogen and oxygen atoms in total. The van der Waals surface area contributed by atoms with E-state index in [0.717, 1.165) is 23.8 Å². The zero-order valence-electron chi connectivity index (χ0n) is 13.2. The van der Waals surface area contributed by atoms with Gasteiger partial charge in [0.1, 0.15) is 11.6 Å². The summed E-state index contributed by atoms with van der Waals surface area (Å²) in [7, 11) is 0. The summed E-state index contributed by atoms with van der Waals surface area (Å²) in [5.41, 5.74) is 1.82. The summed E-state index contributed by atoms with van der Waals surface area (Å²) >= 11 is 0. The first kappa shape index (κ1) is 17.4. The van der Waals surface area contributed by atoms with E-state index in [-0.39, 0.29) is 18.1 Å². The third kappa shape index (κ3) is 4.52. The van der Waals surface area contributed by atoms with Gasteiger partial charge in [0.25, 0.3) is 0 Å². The number of hydrogen-bond donors (Lipinski definition) is 3. The average molecular weight is 333 g/mol. The second-order valence-electron chi connectivity index (χ2n) is 5.19. The second-order valence-corrected chi connectivity index (χ2v) is 5.19. The molecule has 2 rings (SSSR count). The molecule has 0 saturated heterocycles. The number of rotatable bonds is 5. The molecule has 7 heteroatoms. The van der Waals surface area contributed by atoms with E-state index in [9.17, 15) is 18.4 Å². The molecule has 3 N–H and O–H groups in total. The minimum atomic E-state index is -0.714. The molecule has 0 saturated carbocycles. The first-order chi connectivity index (χ1) is 11.4. The Balaban J connectivity index is 2.01. The van der Waals surface area contributed by atoms with E-state index in [1.807, 2.05) is 0 Å². The molecular weight excluding hydrogens is 316 g/mol. The topological polar surface area (TPSA) is 70.2 Å². The molecule has 0 aliphatic rings. The molecule has 0 radical (unpaired) electrons. The minimum Gasteiger partial charge on any atom is -0.376 e. The lowest BCUT2D eigenvalue weighted by atomic mass is 10.1. The van der Waals surface area contributed by atoms with Gasteiger partial charge < -0.3 is 16.0 Å². The van der Waals surface area contributed by atoms with Crippen molar-refractivity contribution in [3.05, 3.63) is 53.6 Å². The van der Waals surface area contributed by atoms with Gasteiger partial charge in [0, 0.05) is 24.4 Å². The van der Waals surface area contributed by atoms with E-state index >= 15 is 0 Å². The summed E-state index contributed by atoms with van der Waals surface area (Å²) in [5, 5.41) is 7.89. The van der Waals surface area contributed by atoms with Crippen LogP contribution in [0.15, 0.2) is 36.4 Å². The van der Waals surface area contributed by atoms with Crippen LogP contribution in [-0.2, 0) is 9.59 Å². The van der Waals surface area contributed by atoms with Crippen LogP contribution in [0.5, 0.6) is 0 Å². The molecule has 24 heavy (non-hydrogen) atoms. The van der Waals surface area contributed by atoms with Crippen LogP contribution in [0.25, 0.3) is 0 Å². The number of amides is 2. The van der Waals surface area contributed by atoms with Crippen molar-refractivity contribution in [2.45, 2.75) is 13.8 Å². The van der Waals surface area contributed by atoms with Crippen molar-refractivity contribution in [2.75, 3.05) is 22.5 Å². The maximum Gasteiger partial charge on any atom is 0.243 e. The standard InChI is InChI=1S/C17H17F2N3O2/c1-10-14(4-3-5-15(10)21-11(2)23)20-9-17(24)22-16-8-12(18)6-7-13(16)19/h3-8,20H,9H2,1-2H3,(H,21,23)(H,22,24). The predicted molar refractivity (Wildman–Crippen MR) is 89.0 cm³/mol. The van der Waals surface area contributed by atoms with Gasteiger partial charge in [-0.15, -0.1) is 0 Å². The number of carbonyl (C=O) groups is 2. The maximum atomic E-state index is 13.5. The highest BCUT2D eigenvalue weighted by Crippen LogP contribution is 2.23. The monoisotopic (exact) mass is 333 g/mol. The molecule has 2 aromatic carbocycles. The second kappa shape index (κ2) is 7.54.